The second kappa shape index (κ2) is 11.0. The minimum Gasteiger partial charge on any atom is -0.497 e. The number of rotatable bonds is 8. The number of amides is 3. The Hall–Kier alpha value is -3.65. The van der Waals surface area contributed by atoms with E-state index < -0.39 is 17.5 Å². The summed E-state index contributed by atoms with van der Waals surface area (Å²) in [7, 11) is 1.56. The standard InChI is InChI=1S/C26H29N3O4S/c1-26(2,3)28-25(32)23(18-9-6-5-7-10-18)29(19-12-14-20(33-4)15-13-19)22(30)17-27-24(31)21-11-8-16-34-21/h5-16,23H,17H2,1-4H3,(H,27,31)(H,28,32)/t23-/m0/s1. The highest BCUT2D eigenvalue weighted by molar-refractivity contribution is 7.12. The number of methoxy groups -OCH3 is 1. The number of benzene rings is 2. The van der Waals surface area contributed by atoms with Gasteiger partial charge in [-0.1, -0.05) is 36.4 Å². The summed E-state index contributed by atoms with van der Waals surface area (Å²) in [5.41, 5.74) is 0.652. The molecule has 0 saturated heterocycles. The Morgan fingerprint density at radius 2 is 1.65 bits per heavy atom. The van der Waals surface area contributed by atoms with Crippen molar-refractivity contribution in [1.29, 1.82) is 0 Å². The molecule has 3 aromatic rings. The summed E-state index contributed by atoms with van der Waals surface area (Å²) in [4.78, 5) is 41.4. The summed E-state index contributed by atoms with van der Waals surface area (Å²) < 4.78 is 5.25. The van der Waals surface area contributed by atoms with Gasteiger partial charge in [-0.05, 0) is 62.0 Å². The van der Waals surface area contributed by atoms with E-state index in [-0.39, 0.29) is 18.4 Å². The number of hydrogen-bond donors (Lipinski definition) is 2. The Balaban J connectivity index is 2.00. The van der Waals surface area contributed by atoms with Gasteiger partial charge in [0, 0.05) is 11.2 Å². The van der Waals surface area contributed by atoms with Crippen LogP contribution in [0.5, 0.6) is 5.75 Å². The van der Waals surface area contributed by atoms with Gasteiger partial charge in [-0.15, -0.1) is 11.3 Å². The monoisotopic (exact) mass is 479 g/mol. The van der Waals surface area contributed by atoms with Crippen molar-refractivity contribution in [3.8, 4) is 5.75 Å². The van der Waals surface area contributed by atoms with E-state index in [1.165, 1.54) is 16.2 Å². The molecule has 178 valence electrons. The molecular formula is C26H29N3O4S. The highest BCUT2D eigenvalue weighted by Crippen LogP contribution is 2.30. The van der Waals surface area contributed by atoms with Crippen molar-refractivity contribution in [2.75, 3.05) is 18.6 Å². The van der Waals surface area contributed by atoms with Gasteiger partial charge in [0.05, 0.1) is 18.5 Å². The number of carbonyl (C=O) groups excluding carboxylic acids is 3. The van der Waals surface area contributed by atoms with Gasteiger partial charge in [-0.2, -0.15) is 0 Å². The number of ether oxygens (including phenoxy) is 1. The zero-order valence-corrected chi connectivity index (χ0v) is 20.5. The van der Waals surface area contributed by atoms with Gasteiger partial charge in [0.15, 0.2) is 0 Å². The third kappa shape index (κ3) is 6.45. The summed E-state index contributed by atoms with van der Waals surface area (Å²) in [6, 6.07) is 18.5. The van der Waals surface area contributed by atoms with Crippen LogP contribution in [0.2, 0.25) is 0 Å². The fourth-order valence-corrected chi connectivity index (χ4v) is 4.05. The molecule has 3 amide bonds. The van der Waals surface area contributed by atoms with Crippen LogP contribution in [0.3, 0.4) is 0 Å². The van der Waals surface area contributed by atoms with Gasteiger partial charge in [-0.25, -0.2) is 0 Å². The predicted molar refractivity (Wildman–Crippen MR) is 134 cm³/mol. The van der Waals surface area contributed by atoms with Crippen molar-refractivity contribution in [2.24, 2.45) is 0 Å². The number of thiophene rings is 1. The first kappa shape index (κ1) is 25.0. The van der Waals surface area contributed by atoms with E-state index in [4.69, 9.17) is 4.74 Å². The number of carbonyl (C=O) groups is 3. The van der Waals surface area contributed by atoms with Gasteiger partial charge in [0.1, 0.15) is 11.8 Å². The van der Waals surface area contributed by atoms with Gasteiger partial charge in [-0.3, -0.25) is 19.3 Å². The molecule has 3 rings (SSSR count). The third-order valence-electron chi connectivity index (χ3n) is 4.88. The minimum absolute atomic E-state index is 0.269. The predicted octanol–water partition coefficient (Wildman–Crippen LogP) is 4.18. The molecule has 1 heterocycles. The Labute approximate surface area is 203 Å². The van der Waals surface area contributed by atoms with Gasteiger partial charge in [0.2, 0.25) is 11.8 Å². The topological polar surface area (TPSA) is 87.7 Å². The van der Waals surface area contributed by atoms with Crippen molar-refractivity contribution in [3.05, 3.63) is 82.6 Å². The Kier molecular flexibility index (Phi) is 8.07. The molecule has 1 atom stereocenters. The number of hydrogen-bond acceptors (Lipinski definition) is 5. The molecule has 2 N–H and O–H groups in total. The van der Waals surface area contributed by atoms with E-state index in [2.05, 4.69) is 10.6 Å². The summed E-state index contributed by atoms with van der Waals surface area (Å²) >= 11 is 1.29. The molecule has 0 saturated carbocycles. The summed E-state index contributed by atoms with van der Waals surface area (Å²) in [5.74, 6) is -0.466. The Morgan fingerprint density at radius 3 is 2.21 bits per heavy atom. The molecule has 0 spiro atoms. The first-order chi connectivity index (χ1) is 16.2. The van der Waals surface area contributed by atoms with Crippen LogP contribution in [0.1, 0.15) is 42.0 Å². The van der Waals surface area contributed by atoms with Crippen molar-refractivity contribution in [1.82, 2.24) is 10.6 Å². The van der Waals surface area contributed by atoms with E-state index in [1.807, 2.05) is 39.0 Å². The van der Waals surface area contributed by atoms with Crippen LogP contribution in [-0.2, 0) is 9.59 Å². The van der Waals surface area contributed by atoms with E-state index in [0.717, 1.165) is 0 Å². The van der Waals surface area contributed by atoms with E-state index in [1.54, 1.807) is 61.0 Å². The first-order valence-electron chi connectivity index (χ1n) is 10.8. The molecule has 0 unspecified atom stereocenters. The molecule has 0 radical (unpaired) electrons. The fraction of sp³-hybridized carbons (Fsp3) is 0.269. The maximum Gasteiger partial charge on any atom is 0.261 e. The highest BCUT2D eigenvalue weighted by atomic mass is 32.1. The summed E-state index contributed by atoms with van der Waals surface area (Å²) in [5, 5.41) is 7.46. The molecule has 0 bridgehead atoms. The number of nitrogens with one attached hydrogen (secondary N) is 2. The van der Waals surface area contributed by atoms with Crippen LogP contribution in [0.15, 0.2) is 72.1 Å². The molecule has 2 aromatic carbocycles. The zero-order chi connectivity index (χ0) is 24.7. The smallest absolute Gasteiger partial charge is 0.261 e. The van der Waals surface area contributed by atoms with Crippen LogP contribution >= 0.6 is 11.3 Å². The maximum atomic E-state index is 13.6. The van der Waals surface area contributed by atoms with Crippen LogP contribution in [0.25, 0.3) is 0 Å². The average molecular weight is 480 g/mol. The van der Waals surface area contributed by atoms with Crippen molar-refractivity contribution in [3.63, 3.8) is 0 Å². The third-order valence-corrected chi connectivity index (χ3v) is 5.75. The molecule has 0 aliphatic heterocycles. The number of nitrogens with zero attached hydrogens (tertiary/aromatic N) is 1. The van der Waals surface area contributed by atoms with E-state index in [9.17, 15) is 14.4 Å². The fourth-order valence-electron chi connectivity index (χ4n) is 3.41. The molecule has 0 aliphatic rings. The summed E-state index contributed by atoms with van der Waals surface area (Å²) in [6.45, 7) is 5.38. The quantitative estimate of drug-likeness (QED) is 0.508. The molecular weight excluding hydrogens is 450 g/mol. The lowest BCUT2D eigenvalue weighted by Crippen LogP contribution is -2.51. The van der Waals surface area contributed by atoms with Crippen LogP contribution in [-0.4, -0.2) is 36.9 Å². The SMILES string of the molecule is COc1ccc(N(C(=O)CNC(=O)c2cccs2)[C@H](C(=O)NC(C)(C)C)c2ccccc2)cc1. The molecule has 0 fully saturated rings. The molecule has 1 aromatic heterocycles. The lowest BCUT2D eigenvalue weighted by molar-refractivity contribution is -0.127. The van der Waals surface area contributed by atoms with Gasteiger partial charge >= 0.3 is 0 Å². The lowest BCUT2D eigenvalue weighted by Gasteiger charge is -2.34. The first-order valence-corrected chi connectivity index (χ1v) is 11.7. The Morgan fingerprint density at radius 1 is 0.971 bits per heavy atom. The largest absolute Gasteiger partial charge is 0.497 e. The maximum absolute atomic E-state index is 13.6. The van der Waals surface area contributed by atoms with Gasteiger partial charge < -0.3 is 15.4 Å². The van der Waals surface area contributed by atoms with Crippen LogP contribution in [0.4, 0.5) is 5.69 Å². The van der Waals surface area contributed by atoms with Crippen molar-refractivity contribution >= 4 is 34.7 Å². The highest BCUT2D eigenvalue weighted by Gasteiger charge is 2.34. The lowest BCUT2D eigenvalue weighted by atomic mass is 10.0. The van der Waals surface area contributed by atoms with Crippen molar-refractivity contribution in [2.45, 2.75) is 32.4 Å². The molecule has 0 aliphatic carbocycles. The molecule has 8 heteroatoms. The summed E-state index contributed by atoms with van der Waals surface area (Å²) in [6.07, 6.45) is 0. The van der Waals surface area contributed by atoms with Crippen LogP contribution < -0.4 is 20.3 Å². The minimum atomic E-state index is -0.944. The normalized spacial score (nSPS) is 11.9. The van der Waals surface area contributed by atoms with Crippen LogP contribution in [0, 0.1) is 0 Å². The van der Waals surface area contributed by atoms with Gasteiger partial charge in [0.25, 0.3) is 5.91 Å². The second-order valence-corrected chi connectivity index (χ2v) is 9.62. The van der Waals surface area contributed by atoms with E-state index >= 15 is 0 Å². The average Bonchev–Trinajstić information content (AvgIpc) is 3.35. The Bertz CT molecular complexity index is 1110. The number of anilines is 1. The van der Waals surface area contributed by atoms with E-state index in [0.29, 0.717) is 21.9 Å². The molecule has 34 heavy (non-hydrogen) atoms. The second-order valence-electron chi connectivity index (χ2n) is 8.67. The van der Waals surface area contributed by atoms with Crippen molar-refractivity contribution < 1.29 is 19.1 Å². The molecule has 7 nitrogen and oxygen atoms in total. The zero-order valence-electron chi connectivity index (χ0n) is 19.7.